The molecule has 0 aliphatic heterocycles. The molecular weight excluding hydrogens is 382 g/mol. The molecule has 6 heteroatoms. The van der Waals surface area contributed by atoms with Crippen LogP contribution >= 0.6 is 0 Å². The zero-order chi connectivity index (χ0) is 21.0. The van der Waals surface area contributed by atoms with E-state index in [1.165, 1.54) is 18.2 Å². The van der Waals surface area contributed by atoms with Crippen LogP contribution in [0.25, 0.3) is 0 Å². The highest BCUT2D eigenvalue weighted by atomic mass is 16.6. The summed E-state index contributed by atoms with van der Waals surface area (Å²) in [5, 5.41) is 11.3. The number of carbonyl (C=O) groups excluding carboxylic acids is 3. The van der Waals surface area contributed by atoms with Crippen LogP contribution in [0.5, 0.6) is 0 Å². The zero-order valence-corrected chi connectivity index (χ0v) is 15.6. The van der Waals surface area contributed by atoms with Crippen molar-refractivity contribution in [2.24, 2.45) is 11.3 Å². The monoisotopic (exact) mass is 397 g/mol. The van der Waals surface area contributed by atoms with Crippen LogP contribution < -0.4 is 0 Å². The molecule has 0 aromatic heterocycles. The van der Waals surface area contributed by atoms with Gasteiger partial charge in [-0.05, 0) is 5.56 Å². The van der Waals surface area contributed by atoms with E-state index in [-0.39, 0.29) is 23.0 Å². The average Bonchev–Trinajstić information content (AvgIpc) is 3.44. The standard InChI is InChI=1S/C24H15NO5/c26-21(14-7-2-1-3-8-14)20-19(15-9-6-10-16(13-15)25(29)30)24(20)22(27)17-11-4-5-12-18(17)23(24)28/h1-13,19-20H/t19-,20+/m0/s1. The molecule has 2 aliphatic carbocycles. The average molecular weight is 397 g/mol. The van der Waals surface area contributed by atoms with Gasteiger partial charge in [-0.1, -0.05) is 66.7 Å². The maximum absolute atomic E-state index is 13.4. The Balaban J connectivity index is 1.68. The number of nitro benzene ring substituents is 1. The van der Waals surface area contributed by atoms with Gasteiger partial charge in [0, 0.05) is 34.7 Å². The molecule has 2 atom stereocenters. The summed E-state index contributed by atoms with van der Waals surface area (Å²) in [5.41, 5.74) is -0.205. The van der Waals surface area contributed by atoms with Crippen LogP contribution in [0.3, 0.4) is 0 Å². The summed E-state index contributed by atoms with van der Waals surface area (Å²) < 4.78 is 0. The fourth-order valence-corrected chi connectivity index (χ4v) is 4.81. The van der Waals surface area contributed by atoms with E-state index in [9.17, 15) is 24.5 Å². The number of ketones is 3. The van der Waals surface area contributed by atoms with Gasteiger partial charge in [0.2, 0.25) is 0 Å². The maximum Gasteiger partial charge on any atom is 0.269 e. The van der Waals surface area contributed by atoms with Gasteiger partial charge in [0.15, 0.2) is 17.3 Å². The van der Waals surface area contributed by atoms with Crippen molar-refractivity contribution in [2.45, 2.75) is 5.92 Å². The first-order valence-electron chi connectivity index (χ1n) is 9.50. The fraction of sp³-hybridized carbons (Fsp3) is 0.125. The third-order valence-corrected chi connectivity index (χ3v) is 6.15. The third-order valence-electron chi connectivity index (χ3n) is 6.15. The molecule has 3 aromatic carbocycles. The van der Waals surface area contributed by atoms with Crippen LogP contribution in [0.1, 0.15) is 42.6 Å². The summed E-state index contributed by atoms with van der Waals surface area (Å²) in [6.07, 6.45) is 0. The van der Waals surface area contributed by atoms with Crippen molar-refractivity contribution in [3.8, 4) is 0 Å². The van der Waals surface area contributed by atoms with E-state index >= 15 is 0 Å². The highest BCUT2D eigenvalue weighted by molar-refractivity contribution is 6.35. The third kappa shape index (κ3) is 2.27. The van der Waals surface area contributed by atoms with Gasteiger partial charge in [0.1, 0.15) is 5.41 Å². The molecule has 5 rings (SSSR count). The van der Waals surface area contributed by atoms with Gasteiger partial charge in [0.25, 0.3) is 5.69 Å². The van der Waals surface area contributed by atoms with Crippen molar-refractivity contribution in [1.82, 2.24) is 0 Å². The molecule has 0 amide bonds. The molecule has 2 aliphatic rings. The molecule has 146 valence electrons. The van der Waals surface area contributed by atoms with Gasteiger partial charge >= 0.3 is 0 Å². The lowest BCUT2D eigenvalue weighted by atomic mass is 9.91. The molecule has 1 fully saturated rings. The van der Waals surface area contributed by atoms with E-state index in [0.29, 0.717) is 22.3 Å². The summed E-state index contributed by atoms with van der Waals surface area (Å²) in [6.45, 7) is 0. The summed E-state index contributed by atoms with van der Waals surface area (Å²) in [5.74, 6) is -2.70. The number of nitrogens with zero attached hydrogens (tertiary/aromatic N) is 1. The Kier molecular flexibility index (Phi) is 3.80. The van der Waals surface area contributed by atoms with Crippen molar-refractivity contribution in [3.63, 3.8) is 0 Å². The molecule has 6 nitrogen and oxygen atoms in total. The molecule has 1 saturated carbocycles. The maximum atomic E-state index is 13.4. The number of nitro groups is 1. The van der Waals surface area contributed by atoms with Crippen LogP contribution in [0.2, 0.25) is 0 Å². The molecule has 0 N–H and O–H groups in total. The molecule has 1 spiro atoms. The second kappa shape index (κ2) is 6.29. The highest BCUT2D eigenvalue weighted by Crippen LogP contribution is 2.70. The summed E-state index contributed by atoms with van der Waals surface area (Å²) in [4.78, 5) is 51.0. The van der Waals surface area contributed by atoms with Gasteiger partial charge in [0.05, 0.1) is 10.8 Å². The smallest absolute Gasteiger partial charge is 0.269 e. The van der Waals surface area contributed by atoms with Crippen molar-refractivity contribution in [3.05, 3.63) is 111 Å². The lowest BCUT2D eigenvalue weighted by molar-refractivity contribution is -0.384. The summed E-state index contributed by atoms with van der Waals surface area (Å²) >= 11 is 0. The van der Waals surface area contributed by atoms with Crippen molar-refractivity contribution in [1.29, 1.82) is 0 Å². The van der Waals surface area contributed by atoms with Crippen LogP contribution in [0, 0.1) is 21.4 Å². The molecule has 0 unspecified atom stereocenters. The normalized spacial score (nSPS) is 20.8. The van der Waals surface area contributed by atoms with E-state index in [0.717, 1.165) is 0 Å². The fourth-order valence-electron chi connectivity index (χ4n) is 4.81. The summed E-state index contributed by atoms with van der Waals surface area (Å²) in [7, 11) is 0. The van der Waals surface area contributed by atoms with Crippen LogP contribution in [-0.2, 0) is 0 Å². The highest BCUT2D eigenvalue weighted by Gasteiger charge is 2.79. The van der Waals surface area contributed by atoms with E-state index in [4.69, 9.17) is 0 Å². The topological polar surface area (TPSA) is 94.3 Å². The lowest BCUT2D eigenvalue weighted by Gasteiger charge is -2.07. The van der Waals surface area contributed by atoms with Crippen molar-refractivity contribution >= 4 is 23.0 Å². The first kappa shape index (κ1) is 18.1. The predicted molar refractivity (Wildman–Crippen MR) is 108 cm³/mol. The van der Waals surface area contributed by atoms with Crippen molar-refractivity contribution < 1.29 is 19.3 Å². The molecule has 30 heavy (non-hydrogen) atoms. The Labute approximate surface area is 171 Å². The molecule has 0 radical (unpaired) electrons. The molecule has 3 aromatic rings. The number of carbonyl (C=O) groups is 3. The summed E-state index contributed by atoms with van der Waals surface area (Å²) in [6, 6.07) is 20.9. The van der Waals surface area contributed by atoms with Gasteiger partial charge < -0.3 is 0 Å². The Morgan fingerprint density at radius 2 is 1.43 bits per heavy atom. The minimum atomic E-state index is -1.54. The van der Waals surface area contributed by atoms with Gasteiger partial charge in [-0.15, -0.1) is 0 Å². The minimum Gasteiger partial charge on any atom is -0.294 e. The molecule has 0 saturated heterocycles. The first-order valence-corrected chi connectivity index (χ1v) is 9.50. The van der Waals surface area contributed by atoms with Crippen LogP contribution in [-0.4, -0.2) is 22.3 Å². The lowest BCUT2D eigenvalue weighted by Crippen LogP contribution is -2.23. The number of benzene rings is 3. The van der Waals surface area contributed by atoms with E-state index in [2.05, 4.69) is 0 Å². The molecule has 0 heterocycles. The number of hydrogen-bond donors (Lipinski definition) is 0. The predicted octanol–water partition coefficient (Wildman–Crippen LogP) is 4.26. The van der Waals surface area contributed by atoms with Crippen molar-refractivity contribution in [2.75, 3.05) is 0 Å². The number of non-ortho nitro benzene ring substituents is 1. The Morgan fingerprint density at radius 3 is 2.03 bits per heavy atom. The number of hydrogen-bond acceptors (Lipinski definition) is 5. The Hall–Kier alpha value is -3.93. The van der Waals surface area contributed by atoms with E-state index in [1.54, 1.807) is 60.7 Å². The Morgan fingerprint density at radius 1 is 0.833 bits per heavy atom. The van der Waals surface area contributed by atoms with Gasteiger partial charge in [-0.3, -0.25) is 24.5 Å². The minimum absolute atomic E-state index is 0.143. The largest absolute Gasteiger partial charge is 0.294 e. The second-order valence-electron chi connectivity index (χ2n) is 7.61. The Bertz CT molecular complexity index is 1210. The number of fused-ring (bicyclic) bond motifs is 1. The molecule has 0 bridgehead atoms. The second-order valence-corrected chi connectivity index (χ2v) is 7.61. The van der Waals surface area contributed by atoms with E-state index < -0.39 is 22.2 Å². The van der Waals surface area contributed by atoms with Crippen LogP contribution in [0.15, 0.2) is 78.9 Å². The van der Waals surface area contributed by atoms with E-state index in [1.807, 2.05) is 0 Å². The molecular formula is C24H15NO5. The van der Waals surface area contributed by atoms with Crippen LogP contribution in [0.4, 0.5) is 5.69 Å². The number of rotatable bonds is 4. The quantitative estimate of drug-likeness (QED) is 0.284. The number of Topliss-reactive ketones (excluding diaryl/α,β-unsaturated/α-hetero) is 3. The zero-order valence-electron chi connectivity index (χ0n) is 15.6. The first-order chi connectivity index (χ1) is 14.5. The van der Waals surface area contributed by atoms with Gasteiger partial charge in [-0.2, -0.15) is 0 Å². The van der Waals surface area contributed by atoms with Gasteiger partial charge in [-0.25, -0.2) is 0 Å². The SMILES string of the molecule is O=C(c1ccccc1)[C@H]1[C@H](c2cccc([N+](=O)[O-])c2)C12C(=O)c1ccccc1C2=O.